The lowest BCUT2D eigenvalue weighted by atomic mass is 10.0. The molecule has 158 valence electrons. The summed E-state index contributed by atoms with van der Waals surface area (Å²) in [5.41, 5.74) is 9.15. The summed E-state index contributed by atoms with van der Waals surface area (Å²) in [5.74, 6) is -0.150. The molecule has 1 aliphatic heterocycles. The molecule has 0 unspecified atom stereocenters. The van der Waals surface area contributed by atoms with Gasteiger partial charge in [0.05, 0.1) is 5.69 Å². The molecule has 0 spiro atoms. The predicted octanol–water partition coefficient (Wildman–Crippen LogP) is 4.68. The van der Waals surface area contributed by atoms with Crippen LogP contribution in [-0.2, 0) is 6.42 Å². The van der Waals surface area contributed by atoms with Crippen LogP contribution < -0.4 is 15.3 Å². The van der Waals surface area contributed by atoms with Crippen LogP contribution in [0.5, 0.6) is 0 Å². The van der Waals surface area contributed by atoms with E-state index in [1.807, 2.05) is 67.3 Å². The van der Waals surface area contributed by atoms with E-state index in [9.17, 15) is 9.59 Å². The zero-order valence-corrected chi connectivity index (χ0v) is 18.2. The molecule has 5 nitrogen and oxygen atoms in total. The molecule has 5 heteroatoms. The molecule has 1 N–H and O–H groups in total. The number of hydrogen-bond acceptors (Lipinski definition) is 3. The number of fused-ring (bicyclic) bond motifs is 1. The number of anilines is 2. The van der Waals surface area contributed by atoms with E-state index in [2.05, 4.69) is 11.5 Å². The smallest absolute Gasteiger partial charge is 0.272 e. The largest absolute Gasteiger partial charge is 0.308 e. The van der Waals surface area contributed by atoms with Gasteiger partial charge in [0, 0.05) is 30.4 Å². The Morgan fingerprint density at radius 1 is 0.935 bits per heavy atom. The number of nitrogens with zero attached hydrogens (tertiary/aromatic N) is 2. The first-order valence-electron chi connectivity index (χ1n) is 10.6. The number of aryl methyl sites for hydroxylation is 2. The zero-order chi connectivity index (χ0) is 22.0. The molecular formula is C26H27N3O2. The van der Waals surface area contributed by atoms with Gasteiger partial charge in [0.15, 0.2) is 0 Å². The molecule has 0 aromatic heterocycles. The van der Waals surface area contributed by atoms with E-state index in [0.29, 0.717) is 23.4 Å². The summed E-state index contributed by atoms with van der Waals surface area (Å²) < 4.78 is 0. The van der Waals surface area contributed by atoms with Gasteiger partial charge in [0.25, 0.3) is 11.8 Å². The van der Waals surface area contributed by atoms with Crippen molar-refractivity contribution in [1.82, 2.24) is 5.43 Å². The second kappa shape index (κ2) is 8.74. The Balaban J connectivity index is 1.58. The fourth-order valence-corrected chi connectivity index (χ4v) is 4.10. The lowest BCUT2D eigenvalue weighted by molar-refractivity contribution is 0.0973. The van der Waals surface area contributed by atoms with Crippen molar-refractivity contribution >= 4 is 23.2 Å². The molecule has 2 amide bonds. The minimum atomic E-state index is -0.132. The van der Waals surface area contributed by atoms with Crippen molar-refractivity contribution in [3.63, 3.8) is 0 Å². The molecule has 3 aromatic carbocycles. The molecular weight excluding hydrogens is 386 g/mol. The van der Waals surface area contributed by atoms with Crippen molar-refractivity contribution < 1.29 is 9.59 Å². The lowest BCUT2D eigenvalue weighted by Gasteiger charge is -2.29. The standard InChI is InChI=1S/C26H27N3O2/c1-18-8-6-11-23(19(18)2)26(31)29(27-3)22-15-13-21(14-16-22)25(30)28-17-7-10-20-9-4-5-12-24(20)28/h4-6,8-9,11-16,27H,7,10,17H2,1-3H3. The summed E-state index contributed by atoms with van der Waals surface area (Å²) in [6.45, 7) is 4.66. The van der Waals surface area contributed by atoms with Crippen molar-refractivity contribution in [3.05, 3.63) is 94.5 Å². The fraction of sp³-hybridized carbons (Fsp3) is 0.231. The van der Waals surface area contributed by atoms with E-state index in [-0.39, 0.29) is 11.8 Å². The lowest BCUT2D eigenvalue weighted by Crippen LogP contribution is -2.41. The van der Waals surface area contributed by atoms with Gasteiger partial charge in [0.1, 0.15) is 0 Å². The van der Waals surface area contributed by atoms with Gasteiger partial charge < -0.3 is 4.90 Å². The highest BCUT2D eigenvalue weighted by Crippen LogP contribution is 2.28. The second-order valence-corrected chi connectivity index (χ2v) is 7.85. The molecule has 0 saturated heterocycles. The van der Waals surface area contributed by atoms with E-state index in [1.165, 1.54) is 10.6 Å². The summed E-state index contributed by atoms with van der Waals surface area (Å²) >= 11 is 0. The van der Waals surface area contributed by atoms with E-state index in [0.717, 1.165) is 29.7 Å². The summed E-state index contributed by atoms with van der Waals surface area (Å²) in [4.78, 5) is 28.2. The Kier molecular flexibility index (Phi) is 5.87. The highest BCUT2D eigenvalue weighted by molar-refractivity contribution is 6.08. The van der Waals surface area contributed by atoms with Gasteiger partial charge in [-0.2, -0.15) is 0 Å². The van der Waals surface area contributed by atoms with Crippen LogP contribution in [0.25, 0.3) is 0 Å². The van der Waals surface area contributed by atoms with Crippen LogP contribution in [0.1, 0.15) is 43.8 Å². The van der Waals surface area contributed by atoms with E-state index >= 15 is 0 Å². The Morgan fingerprint density at radius 3 is 2.42 bits per heavy atom. The molecule has 31 heavy (non-hydrogen) atoms. The van der Waals surface area contributed by atoms with Crippen LogP contribution in [0.2, 0.25) is 0 Å². The Hall–Kier alpha value is -3.44. The van der Waals surface area contributed by atoms with Gasteiger partial charge in [-0.15, -0.1) is 0 Å². The van der Waals surface area contributed by atoms with Gasteiger partial charge in [0.2, 0.25) is 0 Å². The molecule has 1 aliphatic rings. The van der Waals surface area contributed by atoms with Crippen LogP contribution in [0, 0.1) is 13.8 Å². The minimum Gasteiger partial charge on any atom is -0.308 e. The average Bonchev–Trinajstić information content (AvgIpc) is 2.81. The predicted molar refractivity (Wildman–Crippen MR) is 125 cm³/mol. The normalized spacial score (nSPS) is 12.9. The number of nitrogens with one attached hydrogen (secondary N) is 1. The topological polar surface area (TPSA) is 52.7 Å². The molecule has 0 atom stereocenters. The molecule has 0 radical (unpaired) electrons. The third-order valence-corrected chi connectivity index (χ3v) is 5.99. The molecule has 0 saturated carbocycles. The second-order valence-electron chi connectivity index (χ2n) is 7.85. The van der Waals surface area contributed by atoms with Gasteiger partial charge >= 0.3 is 0 Å². The van der Waals surface area contributed by atoms with Crippen LogP contribution in [-0.4, -0.2) is 25.4 Å². The highest BCUT2D eigenvalue weighted by Gasteiger charge is 2.24. The SMILES string of the molecule is CNN(C(=O)c1cccc(C)c1C)c1ccc(C(=O)N2CCCc3ccccc32)cc1. The number of para-hydroxylation sites is 1. The maximum Gasteiger partial charge on any atom is 0.272 e. The van der Waals surface area contributed by atoms with Gasteiger partial charge in [-0.1, -0.05) is 30.3 Å². The zero-order valence-electron chi connectivity index (χ0n) is 18.2. The number of carbonyl (C=O) groups excluding carboxylic acids is 2. The molecule has 4 rings (SSSR count). The maximum absolute atomic E-state index is 13.2. The first kappa shape index (κ1) is 20.8. The number of amides is 2. The van der Waals surface area contributed by atoms with Crippen molar-refractivity contribution in [2.45, 2.75) is 26.7 Å². The van der Waals surface area contributed by atoms with E-state index in [4.69, 9.17) is 0 Å². The van der Waals surface area contributed by atoms with Crippen molar-refractivity contribution in [3.8, 4) is 0 Å². The first-order valence-corrected chi connectivity index (χ1v) is 10.6. The number of carbonyl (C=O) groups is 2. The number of rotatable bonds is 4. The number of benzene rings is 3. The third kappa shape index (κ3) is 3.97. The van der Waals surface area contributed by atoms with E-state index in [1.54, 1.807) is 19.2 Å². The Labute approximate surface area is 183 Å². The molecule has 0 bridgehead atoms. The van der Waals surface area contributed by atoms with Crippen molar-refractivity contribution in [2.24, 2.45) is 0 Å². The van der Waals surface area contributed by atoms with Gasteiger partial charge in [-0.05, 0) is 79.8 Å². The highest BCUT2D eigenvalue weighted by atomic mass is 16.2. The summed E-state index contributed by atoms with van der Waals surface area (Å²) in [7, 11) is 1.72. The van der Waals surface area contributed by atoms with E-state index < -0.39 is 0 Å². The van der Waals surface area contributed by atoms with Crippen LogP contribution in [0.3, 0.4) is 0 Å². The monoisotopic (exact) mass is 413 g/mol. The molecule has 3 aromatic rings. The number of hydrazine groups is 1. The van der Waals surface area contributed by atoms with Crippen LogP contribution >= 0.6 is 0 Å². The summed E-state index contributed by atoms with van der Waals surface area (Å²) in [5, 5.41) is 1.51. The molecule has 1 heterocycles. The van der Waals surface area contributed by atoms with Crippen molar-refractivity contribution in [1.29, 1.82) is 0 Å². The average molecular weight is 414 g/mol. The minimum absolute atomic E-state index is 0.0180. The van der Waals surface area contributed by atoms with Gasteiger partial charge in [-0.25, -0.2) is 10.4 Å². The first-order chi connectivity index (χ1) is 15.0. The maximum atomic E-state index is 13.2. The molecule has 0 fully saturated rings. The third-order valence-electron chi connectivity index (χ3n) is 5.99. The van der Waals surface area contributed by atoms with Gasteiger partial charge in [-0.3, -0.25) is 9.59 Å². The quantitative estimate of drug-likeness (QED) is 0.632. The summed E-state index contributed by atoms with van der Waals surface area (Å²) in [6.07, 6.45) is 1.95. The number of hydrogen-bond donors (Lipinski definition) is 1. The van der Waals surface area contributed by atoms with Crippen LogP contribution in [0.4, 0.5) is 11.4 Å². The summed E-state index contributed by atoms with van der Waals surface area (Å²) in [6, 6.07) is 21.0. The van der Waals surface area contributed by atoms with Crippen molar-refractivity contribution in [2.75, 3.05) is 23.5 Å². The fourth-order valence-electron chi connectivity index (χ4n) is 4.10. The van der Waals surface area contributed by atoms with Crippen LogP contribution in [0.15, 0.2) is 66.7 Å². The molecule has 0 aliphatic carbocycles. The Bertz CT molecular complexity index is 1120. The Morgan fingerprint density at radius 2 is 1.68 bits per heavy atom.